The molecule has 3 rings (SSSR count). The first-order valence-electron chi connectivity index (χ1n) is 7.16. The van der Waals surface area contributed by atoms with Crippen LogP contribution in [0.2, 0.25) is 0 Å². The minimum atomic E-state index is 0.105. The molecule has 1 amide bonds. The van der Waals surface area contributed by atoms with E-state index in [1.807, 2.05) is 59.5 Å². The highest BCUT2D eigenvalue weighted by molar-refractivity contribution is 6.02. The summed E-state index contributed by atoms with van der Waals surface area (Å²) in [7, 11) is 0. The lowest BCUT2D eigenvalue weighted by Gasteiger charge is -2.30. The van der Waals surface area contributed by atoms with Gasteiger partial charge in [0.1, 0.15) is 5.75 Å². The van der Waals surface area contributed by atoms with Gasteiger partial charge in [0.2, 0.25) is 5.91 Å². The Morgan fingerprint density at radius 2 is 1.81 bits per heavy atom. The van der Waals surface area contributed by atoms with Crippen molar-refractivity contribution in [1.82, 2.24) is 0 Å². The van der Waals surface area contributed by atoms with E-state index in [1.165, 1.54) is 0 Å². The number of carbonyl (C=O) groups excluding carboxylic acids is 1. The monoisotopic (exact) mass is 282 g/mol. The molecule has 1 aliphatic rings. The van der Waals surface area contributed by atoms with Gasteiger partial charge in [-0.25, -0.2) is 0 Å². The van der Waals surface area contributed by atoms with Crippen LogP contribution in [-0.4, -0.2) is 25.6 Å². The van der Waals surface area contributed by atoms with Gasteiger partial charge in [-0.2, -0.15) is 0 Å². The summed E-state index contributed by atoms with van der Waals surface area (Å²) in [6, 6.07) is 17.6. The average Bonchev–Trinajstić information content (AvgIpc) is 2.54. The van der Waals surface area contributed by atoms with E-state index >= 15 is 0 Å². The molecule has 0 fully saturated rings. The van der Waals surface area contributed by atoms with Crippen molar-refractivity contribution in [3.8, 4) is 5.75 Å². The molecule has 4 nitrogen and oxygen atoms in total. The van der Waals surface area contributed by atoms with E-state index in [2.05, 4.69) is 5.32 Å². The molecule has 0 atom stereocenters. The van der Waals surface area contributed by atoms with Gasteiger partial charge >= 0.3 is 0 Å². The molecule has 2 aromatic rings. The Labute approximate surface area is 124 Å². The highest BCUT2D eigenvalue weighted by Gasteiger charge is 2.22. The summed E-state index contributed by atoms with van der Waals surface area (Å²) in [5.74, 6) is 0.970. The van der Waals surface area contributed by atoms with Crippen molar-refractivity contribution in [2.75, 3.05) is 29.9 Å². The Morgan fingerprint density at radius 3 is 2.67 bits per heavy atom. The number of carbonyl (C=O) groups is 1. The summed E-state index contributed by atoms with van der Waals surface area (Å²) in [5.41, 5.74) is 1.97. The van der Waals surface area contributed by atoms with Crippen molar-refractivity contribution >= 4 is 17.3 Å². The molecule has 1 aliphatic heterocycles. The van der Waals surface area contributed by atoms with Crippen LogP contribution in [0, 0.1) is 0 Å². The Morgan fingerprint density at radius 1 is 1.05 bits per heavy atom. The second-order valence-electron chi connectivity index (χ2n) is 4.93. The largest absolute Gasteiger partial charge is 0.494 e. The lowest BCUT2D eigenvalue weighted by atomic mass is 10.2. The third kappa shape index (κ3) is 3.16. The fourth-order valence-electron chi connectivity index (χ4n) is 2.43. The predicted octanol–water partition coefficient (Wildman–Crippen LogP) is 2.91. The minimum Gasteiger partial charge on any atom is -0.494 e. The molecular formula is C17H18N2O2. The molecule has 21 heavy (non-hydrogen) atoms. The molecule has 108 valence electrons. The van der Waals surface area contributed by atoms with E-state index in [9.17, 15) is 4.79 Å². The molecule has 0 unspecified atom stereocenters. The number of nitrogens with zero attached hydrogens (tertiary/aromatic N) is 1. The first-order chi connectivity index (χ1) is 10.3. The summed E-state index contributed by atoms with van der Waals surface area (Å²) >= 11 is 0. The lowest BCUT2D eigenvalue weighted by Crippen LogP contribution is -2.40. The molecule has 0 saturated carbocycles. The van der Waals surface area contributed by atoms with Gasteiger partial charge in [-0.15, -0.1) is 0 Å². The molecule has 0 aliphatic carbocycles. The smallest absolute Gasteiger partial charge is 0.246 e. The van der Waals surface area contributed by atoms with E-state index in [-0.39, 0.29) is 5.91 Å². The molecule has 0 aromatic heterocycles. The summed E-state index contributed by atoms with van der Waals surface area (Å²) < 4.78 is 5.67. The zero-order valence-electron chi connectivity index (χ0n) is 11.8. The SMILES string of the molecule is O=C1CNc2ccccc2N1CCCOc1ccccc1. The second kappa shape index (κ2) is 6.31. The standard InChI is InChI=1S/C17H18N2O2/c20-17-13-18-15-9-4-5-10-16(15)19(17)11-6-12-21-14-7-2-1-3-8-14/h1-5,7-10,18H,6,11-13H2. The van der Waals surface area contributed by atoms with Crippen molar-refractivity contribution in [1.29, 1.82) is 0 Å². The molecule has 0 bridgehead atoms. The van der Waals surface area contributed by atoms with Gasteiger partial charge in [0.15, 0.2) is 0 Å². The van der Waals surface area contributed by atoms with Crippen LogP contribution in [0.1, 0.15) is 6.42 Å². The van der Waals surface area contributed by atoms with Gasteiger partial charge in [0, 0.05) is 6.54 Å². The van der Waals surface area contributed by atoms with Gasteiger partial charge in [0.05, 0.1) is 24.5 Å². The first-order valence-corrected chi connectivity index (χ1v) is 7.16. The highest BCUT2D eigenvalue weighted by atomic mass is 16.5. The molecule has 0 radical (unpaired) electrons. The van der Waals surface area contributed by atoms with Gasteiger partial charge in [-0.1, -0.05) is 30.3 Å². The fraction of sp³-hybridized carbons (Fsp3) is 0.235. The maximum atomic E-state index is 12.0. The van der Waals surface area contributed by atoms with Crippen LogP contribution in [0.15, 0.2) is 54.6 Å². The van der Waals surface area contributed by atoms with Crippen LogP contribution >= 0.6 is 0 Å². The van der Waals surface area contributed by atoms with Crippen molar-refractivity contribution in [3.63, 3.8) is 0 Å². The molecule has 1 N–H and O–H groups in total. The number of hydrogen-bond donors (Lipinski definition) is 1. The van der Waals surface area contributed by atoms with E-state index < -0.39 is 0 Å². The van der Waals surface area contributed by atoms with Crippen LogP contribution < -0.4 is 15.0 Å². The number of benzene rings is 2. The van der Waals surface area contributed by atoms with E-state index in [1.54, 1.807) is 0 Å². The molecule has 0 saturated heterocycles. The second-order valence-corrected chi connectivity index (χ2v) is 4.93. The number of rotatable bonds is 5. The van der Waals surface area contributed by atoms with Gasteiger partial charge in [-0.05, 0) is 30.7 Å². The summed E-state index contributed by atoms with van der Waals surface area (Å²) in [6.07, 6.45) is 0.801. The van der Waals surface area contributed by atoms with Crippen molar-refractivity contribution in [3.05, 3.63) is 54.6 Å². The summed E-state index contributed by atoms with van der Waals surface area (Å²) in [5, 5.41) is 3.14. The number of hydrogen-bond acceptors (Lipinski definition) is 3. The predicted molar refractivity (Wildman–Crippen MR) is 83.8 cm³/mol. The quantitative estimate of drug-likeness (QED) is 0.857. The molecular weight excluding hydrogens is 264 g/mol. The number of ether oxygens (including phenoxy) is 1. The zero-order chi connectivity index (χ0) is 14.5. The van der Waals surface area contributed by atoms with Crippen LogP contribution in [0.3, 0.4) is 0 Å². The van der Waals surface area contributed by atoms with Gasteiger partial charge in [0.25, 0.3) is 0 Å². The average molecular weight is 282 g/mol. The molecule has 0 spiro atoms. The summed E-state index contributed by atoms with van der Waals surface area (Å²) in [6.45, 7) is 1.63. The Bertz CT molecular complexity index is 613. The fourth-order valence-corrected chi connectivity index (χ4v) is 2.43. The van der Waals surface area contributed by atoms with Crippen molar-refractivity contribution in [2.24, 2.45) is 0 Å². The Balaban J connectivity index is 1.56. The van der Waals surface area contributed by atoms with Crippen LogP contribution in [0.5, 0.6) is 5.75 Å². The van der Waals surface area contributed by atoms with Crippen molar-refractivity contribution in [2.45, 2.75) is 6.42 Å². The Kier molecular flexibility index (Phi) is 4.05. The van der Waals surface area contributed by atoms with Crippen LogP contribution in [0.4, 0.5) is 11.4 Å². The molecule has 2 aromatic carbocycles. The maximum Gasteiger partial charge on any atom is 0.246 e. The number of anilines is 2. The van der Waals surface area contributed by atoms with E-state index in [4.69, 9.17) is 4.74 Å². The molecule has 4 heteroatoms. The number of fused-ring (bicyclic) bond motifs is 1. The third-order valence-corrected chi connectivity index (χ3v) is 3.46. The number of amides is 1. The minimum absolute atomic E-state index is 0.105. The van der Waals surface area contributed by atoms with E-state index in [0.717, 1.165) is 23.5 Å². The third-order valence-electron chi connectivity index (χ3n) is 3.46. The first kappa shape index (κ1) is 13.5. The Hall–Kier alpha value is -2.49. The van der Waals surface area contributed by atoms with Crippen molar-refractivity contribution < 1.29 is 9.53 Å². The lowest BCUT2D eigenvalue weighted by molar-refractivity contribution is -0.117. The topological polar surface area (TPSA) is 41.6 Å². The number of para-hydroxylation sites is 3. The van der Waals surface area contributed by atoms with Crippen LogP contribution in [-0.2, 0) is 4.79 Å². The number of nitrogens with one attached hydrogen (secondary N) is 1. The summed E-state index contributed by atoms with van der Waals surface area (Å²) in [4.78, 5) is 13.9. The molecule has 1 heterocycles. The zero-order valence-corrected chi connectivity index (χ0v) is 11.8. The van der Waals surface area contributed by atoms with Gasteiger partial charge < -0.3 is 15.0 Å². The van der Waals surface area contributed by atoms with Gasteiger partial charge in [-0.3, -0.25) is 4.79 Å². The normalized spacial score (nSPS) is 13.5. The maximum absolute atomic E-state index is 12.0. The van der Waals surface area contributed by atoms with E-state index in [0.29, 0.717) is 19.7 Å². The van der Waals surface area contributed by atoms with Crippen LogP contribution in [0.25, 0.3) is 0 Å². The highest BCUT2D eigenvalue weighted by Crippen LogP contribution is 2.28.